The van der Waals surface area contributed by atoms with E-state index in [1.54, 1.807) is 0 Å². The van der Waals surface area contributed by atoms with Crippen LogP contribution in [0, 0.1) is 5.82 Å². The number of ether oxygens (including phenoxy) is 2. The van der Waals surface area contributed by atoms with Gasteiger partial charge in [0.15, 0.2) is 6.61 Å². The summed E-state index contributed by atoms with van der Waals surface area (Å²) < 4.78 is 23.7. The van der Waals surface area contributed by atoms with E-state index in [4.69, 9.17) is 21.1 Å². The molecule has 0 heterocycles. The molecule has 0 aromatic heterocycles. The molecule has 1 rings (SSSR count). The van der Waals surface area contributed by atoms with E-state index in [1.165, 1.54) is 6.07 Å². The van der Waals surface area contributed by atoms with Crippen molar-refractivity contribution >= 4 is 33.5 Å². The highest BCUT2D eigenvalue weighted by molar-refractivity contribution is 9.10. The zero-order chi connectivity index (χ0) is 13.5. The molecule has 0 saturated heterocycles. The highest BCUT2D eigenvalue weighted by Gasteiger charge is 2.10. The maximum atomic E-state index is 13.2. The van der Waals surface area contributed by atoms with E-state index in [0.29, 0.717) is 11.1 Å². The van der Waals surface area contributed by atoms with Crippen LogP contribution in [0.1, 0.15) is 19.8 Å². The highest BCUT2D eigenvalue weighted by atomic mass is 79.9. The minimum Gasteiger partial charge on any atom is -0.481 e. The van der Waals surface area contributed by atoms with Crippen LogP contribution in [0.5, 0.6) is 5.75 Å². The molecule has 18 heavy (non-hydrogen) atoms. The first-order valence-electron chi connectivity index (χ1n) is 5.47. The number of rotatable bonds is 6. The van der Waals surface area contributed by atoms with Crippen molar-refractivity contribution in [3.63, 3.8) is 0 Å². The van der Waals surface area contributed by atoms with Crippen molar-refractivity contribution in [1.82, 2.24) is 0 Å². The molecule has 0 unspecified atom stereocenters. The first kappa shape index (κ1) is 15.2. The third-order valence-corrected chi connectivity index (χ3v) is 2.99. The fraction of sp³-hybridized carbons (Fsp3) is 0.417. The average molecular weight is 340 g/mol. The Morgan fingerprint density at radius 3 is 2.89 bits per heavy atom. The summed E-state index contributed by atoms with van der Waals surface area (Å²) in [6, 6.07) is 2.49. The predicted octanol–water partition coefficient (Wildman–Crippen LogP) is 3.96. The van der Waals surface area contributed by atoms with Crippen LogP contribution in [0.15, 0.2) is 16.6 Å². The van der Waals surface area contributed by atoms with Gasteiger partial charge in [0.2, 0.25) is 0 Å². The zero-order valence-corrected chi connectivity index (χ0v) is 12.2. The molecule has 0 aliphatic heterocycles. The van der Waals surface area contributed by atoms with Crippen molar-refractivity contribution in [3.8, 4) is 5.75 Å². The van der Waals surface area contributed by atoms with Crippen LogP contribution in [0.4, 0.5) is 4.39 Å². The van der Waals surface area contributed by atoms with Gasteiger partial charge in [-0.25, -0.2) is 9.18 Å². The van der Waals surface area contributed by atoms with Gasteiger partial charge in [-0.05, 0) is 28.4 Å². The number of unbranched alkanes of at least 4 members (excludes halogenated alkanes) is 1. The first-order valence-corrected chi connectivity index (χ1v) is 6.64. The molecular weight excluding hydrogens is 326 g/mol. The van der Waals surface area contributed by atoms with Crippen LogP contribution in [0.25, 0.3) is 0 Å². The van der Waals surface area contributed by atoms with Gasteiger partial charge in [0.1, 0.15) is 11.6 Å². The summed E-state index contributed by atoms with van der Waals surface area (Å²) in [7, 11) is 0. The molecule has 6 heteroatoms. The molecule has 1 aromatic carbocycles. The van der Waals surface area contributed by atoms with Gasteiger partial charge >= 0.3 is 5.97 Å². The van der Waals surface area contributed by atoms with Gasteiger partial charge in [-0.15, -0.1) is 0 Å². The first-order chi connectivity index (χ1) is 8.54. The summed E-state index contributed by atoms with van der Waals surface area (Å²) in [5.74, 6) is -0.871. The molecule has 0 bridgehead atoms. The van der Waals surface area contributed by atoms with Crippen molar-refractivity contribution in [1.29, 1.82) is 0 Å². The van der Waals surface area contributed by atoms with E-state index >= 15 is 0 Å². The molecule has 0 saturated carbocycles. The Labute approximate surface area is 118 Å². The lowest BCUT2D eigenvalue weighted by Gasteiger charge is -2.09. The molecule has 1 aromatic rings. The Balaban J connectivity index is 2.48. The second kappa shape index (κ2) is 7.59. The molecule has 0 radical (unpaired) electrons. The number of carbonyl (C=O) groups is 1. The maximum Gasteiger partial charge on any atom is 0.344 e. The molecule has 0 spiro atoms. The van der Waals surface area contributed by atoms with Gasteiger partial charge < -0.3 is 9.47 Å². The van der Waals surface area contributed by atoms with Gasteiger partial charge in [0.05, 0.1) is 16.1 Å². The number of benzene rings is 1. The van der Waals surface area contributed by atoms with E-state index in [-0.39, 0.29) is 17.4 Å². The minimum absolute atomic E-state index is 0.0141. The van der Waals surface area contributed by atoms with Crippen LogP contribution < -0.4 is 4.74 Å². The standard InChI is InChI=1S/C12H13BrClFO3/c1-2-3-4-17-12(16)7-18-11-6-10(15)9(14)5-8(11)13/h5-6H,2-4,7H2,1H3. The van der Waals surface area contributed by atoms with Gasteiger partial charge in [-0.1, -0.05) is 24.9 Å². The molecule has 0 N–H and O–H groups in total. The van der Waals surface area contributed by atoms with Crippen molar-refractivity contribution in [3.05, 3.63) is 27.4 Å². The van der Waals surface area contributed by atoms with E-state index in [9.17, 15) is 9.18 Å². The van der Waals surface area contributed by atoms with E-state index < -0.39 is 11.8 Å². The lowest BCUT2D eigenvalue weighted by Crippen LogP contribution is -2.15. The topological polar surface area (TPSA) is 35.5 Å². The average Bonchev–Trinajstić information content (AvgIpc) is 2.32. The fourth-order valence-corrected chi connectivity index (χ4v) is 1.88. The van der Waals surface area contributed by atoms with Crippen LogP contribution >= 0.6 is 27.5 Å². The summed E-state index contributed by atoms with van der Waals surface area (Å²) in [6.45, 7) is 2.11. The molecule has 0 aliphatic rings. The maximum absolute atomic E-state index is 13.2. The van der Waals surface area contributed by atoms with E-state index in [2.05, 4.69) is 15.9 Å². The second-order valence-corrected chi connectivity index (χ2v) is 4.82. The quantitative estimate of drug-likeness (QED) is 0.447. The number of halogens is 3. The summed E-state index contributed by atoms with van der Waals surface area (Å²) >= 11 is 8.75. The number of hydrogen-bond acceptors (Lipinski definition) is 3. The van der Waals surface area contributed by atoms with Gasteiger partial charge in [-0.3, -0.25) is 0 Å². The third kappa shape index (κ3) is 4.82. The third-order valence-electron chi connectivity index (χ3n) is 2.08. The monoisotopic (exact) mass is 338 g/mol. The van der Waals surface area contributed by atoms with Crippen molar-refractivity contribution in [2.24, 2.45) is 0 Å². The lowest BCUT2D eigenvalue weighted by molar-refractivity contribution is -0.146. The number of esters is 1. The summed E-state index contributed by atoms with van der Waals surface area (Å²) in [4.78, 5) is 11.3. The molecule has 100 valence electrons. The Bertz CT molecular complexity index is 426. The second-order valence-electron chi connectivity index (χ2n) is 3.56. The summed E-state index contributed by atoms with van der Waals surface area (Å²) in [5, 5.41) is -0.0141. The normalized spacial score (nSPS) is 10.2. The predicted molar refractivity (Wildman–Crippen MR) is 70.5 cm³/mol. The SMILES string of the molecule is CCCCOC(=O)COc1cc(F)c(Cl)cc1Br. The summed E-state index contributed by atoms with van der Waals surface area (Å²) in [5.41, 5.74) is 0. The van der Waals surface area contributed by atoms with Gasteiger partial charge in [-0.2, -0.15) is 0 Å². The molecular formula is C12H13BrClFO3. The van der Waals surface area contributed by atoms with Crippen molar-refractivity contribution < 1.29 is 18.7 Å². The van der Waals surface area contributed by atoms with E-state index in [1.807, 2.05) is 6.92 Å². The number of carbonyl (C=O) groups excluding carboxylic acids is 1. The van der Waals surface area contributed by atoms with Gasteiger partial charge in [0, 0.05) is 6.07 Å². The molecule has 0 fully saturated rings. The smallest absolute Gasteiger partial charge is 0.344 e. The van der Waals surface area contributed by atoms with E-state index in [0.717, 1.165) is 18.9 Å². The highest BCUT2D eigenvalue weighted by Crippen LogP contribution is 2.30. The Morgan fingerprint density at radius 1 is 1.50 bits per heavy atom. The largest absolute Gasteiger partial charge is 0.481 e. The Morgan fingerprint density at radius 2 is 2.22 bits per heavy atom. The van der Waals surface area contributed by atoms with Crippen LogP contribution in [0.3, 0.4) is 0 Å². The number of hydrogen-bond donors (Lipinski definition) is 0. The molecule has 3 nitrogen and oxygen atoms in total. The zero-order valence-electron chi connectivity index (χ0n) is 9.84. The fourth-order valence-electron chi connectivity index (χ4n) is 1.12. The van der Waals surface area contributed by atoms with Crippen LogP contribution in [-0.4, -0.2) is 19.2 Å². The Hall–Kier alpha value is -0.810. The van der Waals surface area contributed by atoms with Crippen LogP contribution in [-0.2, 0) is 9.53 Å². The Kier molecular flexibility index (Phi) is 6.43. The summed E-state index contributed by atoms with van der Waals surface area (Å²) in [6.07, 6.45) is 1.76. The van der Waals surface area contributed by atoms with Crippen LogP contribution in [0.2, 0.25) is 5.02 Å². The molecule has 0 atom stereocenters. The van der Waals surface area contributed by atoms with Crippen molar-refractivity contribution in [2.75, 3.05) is 13.2 Å². The molecule has 0 amide bonds. The minimum atomic E-state index is -0.603. The molecule has 0 aliphatic carbocycles. The van der Waals surface area contributed by atoms with Crippen molar-refractivity contribution in [2.45, 2.75) is 19.8 Å². The lowest BCUT2D eigenvalue weighted by atomic mass is 10.3. The van der Waals surface area contributed by atoms with Gasteiger partial charge in [0.25, 0.3) is 0 Å².